The van der Waals surface area contributed by atoms with E-state index in [1.165, 1.54) is 0 Å². The van der Waals surface area contributed by atoms with Gasteiger partial charge in [0.1, 0.15) is 12.1 Å². The van der Waals surface area contributed by atoms with Crippen molar-refractivity contribution >= 4 is 27.7 Å². The molecule has 110 valence electrons. The highest BCUT2D eigenvalue weighted by Gasteiger charge is 2.16. The third kappa shape index (κ3) is 1.75. The van der Waals surface area contributed by atoms with Gasteiger partial charge in [-0.05, 0) is 12.1 Å². The molecule has 1 aromatic carbocycles. The van der Waals surface area contributed by atoms with Crippen LogP contribution in [0.3, 0.4) is 0 Å². The second-order valence-corrected chi connectivity index (χ2v) is 4.96. The molecule has 0 aliphatic carbocycles. The van der Waals surface area contributed by atoms with Crippen molar-refractivity contribution in [3.05, 3.63) is 49.1 Å². The highest BCUT2D eigenvalue weighted by molar-refractivity contribution is 6.04. The molecule has 0 radical (unpaired) electrons. The number of H-pyrrole nitrogens is 1. The van der Waals surface area contributed by atoms with Gasteiger partial charge in [0.05, 0.1) is 22.5 Å². The van der Waals surface area contributed by atoms with E-state index in [0.717, 1.165) is 16.3 Å². The lowest BCUT2D eigenvalue weighted by Gasteiger charge is -2.09. The number of rotatable bonds is 2. The number of aromatic amines is 1. The van der Waals surface area contributed by atoms with E-state index < -0.39 is 0 Å². The fraction of sp³-hybridized carbons (Fsp3) is 0. The number of fused-ring (bicyclic) bond motifs is 5. The minimum absolute atomic E-state index is 0.439. The number of hydrogen-bond donors (Lipinski definition) is 1. The molecule has 4 heterocycles. The van der Waals surface area contributed by atoms with Crippen LogP contribution in [0, 0.1) is 0 Å². The topological polar surface area (TPSA) is 93.9 Å². The van der Waals surface area contributed by atoms with E-state index in [0.29, 0.717) is 23.1 Å². The van der Waals surface area contributed by atoms with Crippen molar-refractivity contribution in [3.8, 4) is 11.6 Å². The second kappa shape index (κ2) is 4.47. The Bertz CT molecular complexity index is 1140. The summed E-state index contributed by atoms with van der Waals surface area (Å²) >= 11 is 0. The van der Waals surface area contributed by atoms with E-state index in [1.54, 1.807) is 23.2 Å². The van der Waals surface area contributed by atoms with Gasteiger partial charge >= 0.3 is 0 Å². The SMILES string of the molecule is c1ccc(Oc2nc3nc[nH]n3c3c2cnc2nncc23)cc1. The molecule has 8 heteroatoms. The number of pyridine rings is 1. The lowest BCUT2D eigenvalue weighted by Crippen LogP contribution is -1.99. The Hall–Kier alpha value is -3.55. The van der Waals surface area contributed by atoms with Gasteiger partial charge < -0.3 is 4.74 Å². The third-order valence-corrected chi connectivity index (χ3v) is 3.59. The molecule has 4 aromatic heterocycles. The van der Waals surface area contributed by atoms with E-state index in [9.17, 15) is 0 Å². The molecule has 0 bridgehead atoms. The highest BCUT2D eigenvalue weighted by atomic mass is 16.5. The van der Waals surface area contributed by atoms with Gasteiger partial charge in [0.2, 0.25) is 5.88 Å². The fourth-order valence-electron chi connectivity index (χ4n) is 2.58. The van der Waals surface area contributed by atoms with Gasteiger partial charge in [0.15, 0.2) is 5.65 Å². The predicted molar refractivity (Wildman–Crippen MR) is 82.3 cm³/mol. The molecule has 8 nitrogen and oxygen atoms in total. The van der Waals surface area contributed by atoms with Crippen LogP contribution in [0.1, 0.15) is 0 Å². The number of nitrogens with one attached hydrogen (secondary N) is 1. The molecule has 1 N–H and O–H groups in total. The van der Waals surface area contributed by atoms with Crippen molar-refractivity contribution < 1.29 is 4.74 Å². The third-order valence-electron chi connectivity index (χ3n) is 3.59. The summed E-state index contributed by atoms with van der Waals surface area (Å²) in [4.78, 5) is 13.0. The summed E-state index contributed by atoms with van der Waals surface area (Å²) in [7, 11) is 0. The number of hydrogen-bond acceptors (Lipinski definition) is 6. The Morgan fingerprint density at radius 2 is 1.91 bits per heavy atom. The fourth-order valence-corrected chi connectivity index (χ4v) is 2.58. The number of nitrogens with zero attached hydrogens (tertiary/aromatic N) is 6. The number of ether oxygens (including phenoxy) is 1. The summed E-state index contributed by atoms with van der Waals surface area (Å²) in [6.07, 6.45) is 4.93. The molecule has 0 fully saturated rings. The maximum Gasteiger partial charge on any atom is 0.254 e. The first kappa shape index (κ1) is 12.0. The standard InChI is InChI=1S/C15H9N7O/c1-2-4-9(5-3-1)23-14-11-6-16-13-10(7-18-21-13)12(11)22-15(20-14)17-8-19-22/h1-8H,(H,17,19,20). The van der Waals surface area contributed by atoms with Crippen molar-refractivity contribution in [1.29, 1.82) is 0 Å². The van der Waals surface area contributed by atoms with Crippen LogP contribution in [-0.2, 0) is 0 Å². The average Bonchev–Trinajstić information content (AvgIpc) is 3.24. The number of para-hydroxylation sites is 1. The molecule has 0 aliphatic heterocycles. The largest absolute Gasteiger partial charge is 0.438 e. The van der Waals surface area contributed by atoms with Gasteiger partial charge in [0.25, 0.3) is 5.78 Å². The van der Waals surface area contributed by atoms with E-state index in [4.69, 9.17) is 4.74 Å². The molecular weight excluding hydrogens is 294 g/mol. The predicted octanol–water partition coefficient (Wildman–Crippen LogP) is 2.34. The Morgan fingerprint density at radius 1 is 1.00 bits per heavy atom. The summed E-state index contributed by atoms with van der Waals surface area (Å²) in [5.41, 5.74) is 1.39. The lowest BCUT2D eigenvalue weighted by molar-refractivity contribution is 0.469. The van der Waals surface area contributed by atoms with Crippen LogP contribution < -0.4 is 4.74 Å². The van der Waals surface area contributed by atoms with Crippen LogP contribution in [0.4, 0.5) is 0 Å². The first-order chi connectivity index (χ1) is 11.4. The molecule has 5 aromatic rings. The quantitative estimate of drug-likeness (QED) is 0.538. The maximum atomic E-state index is 5.94. The van der Waals surface area contributed by atoms with E-state index in [2.05, 4.69) is 30.2 Å². The first-order valence-electron chi connectivity index (χ1n) is 6.95. The molecule has 0 amide bonds. The van der Waals surface area contributed by atoms with Gasteiger partial charge in [0, 0.05) is 6.20 Å². The normalized spacial score (nSPS) is 11.5. The Labute approximate surface area is 128 Å². The average molecular weight is 303 g/mol. The molecule has 0 aliphatic rings. The zero-order chi connectivity index (χ0) is 15.2. The van der Waals surface area contributed by atoms with Crippen molar-refractivity contribution in [2.45, 2.75) is 0 Å². The van der Waals surface area contributed by atoms with Crippen molar-refractivity contribution in [2.24, 2.45) is 0 Å². The monoisotopic (exact) mass is 303 g/mol. The van der Waals surface area contributed by atoms with Crippen LogP contribution >= 0.6 is 0 Å². The van der Waals surface area contributed by atoms with Crippen molar-refractivity contribution in [3.63, 3.8) is 0 Å². The molecule has 5 rings (SSSR count). The molecule has 23 heavy (non-hydrogen) atoms. The number of aromatic nitrogens is 7. The zero-order valence-corrected chi connectivity index (χ0v) is 11.7. The molecule has 0 unspecified atom stereocenters. The molecule has 0 saturated carbocycles. The Balaban J connectivity index is 1.87. The van der Waals surface area contributed by atoms with Gasteiger partial charge in [-0.1, -0.05) is 18.2 Å². The zero-order valence-electron chi connectivity index (χ0n) is 11.7. The van der Waals surface area contributed by atoms with E-state index in [-0.39, 0.29) is 0 Å². The van der Waals surface area contributed by atoms with E-state index in [1.807, 2.05) is 30.3 Å². The van der Waals surface area contributed by atoms with Crippen LogP contribution in [0.2, 0.25) is 0 Å². The summed E-state index contributed by atoms with van der Waals surface area (Å²) < 4.78 is 7.70. The van der Waals surface area contributed by atoms with Crippen LogP contribution in [0.5, 0.6) is 11.6 Å². The summed E-state index contributed by atoms with van der Waals surface area (Å²) in [5, 5.41) is 12.5. The molecular formula is C15H9N7O. The van der Waals surface area contributed by atoms with Crippen molar-refractivity contribution in [1.82, 2.24) is 34.8 Å². The Morgan fingerprint density at radius 3 is 2.83 bits per heavy atom. The van der Waals surface area contributed by atoms with Crippen molar-refractivity contribution in [2.75, 3.05) is 0 Å². The lowest BCUT2D eigenvalue weighted by atomic mass is 10.2. The summed E-state index contributed by atoms with van der Waals surface area (Å²) in [6, 6.07) is 9.47. The Kier molecular flexibility index (Phi) is 2.34. The van der Waals surface area contributed by atoms with Crippen LogP contribution in [0.25, 0.3) is 27.7 Å². The summed E-state index contributed by atoms with van der Waals surface area (Å²) in [6.45, 7) is 0. The summed E-state index contributed by atoms with van der Waals surface area (Å²) in [5.74, 6) is 1.63. The van der Waals surface area contributed by atoms with Crippen LogP contribution in [0.15, 0.2) is 49.1 Å². The second-order valence-electron chi connectivity index (χ2n) is 4.96. The first-order valence-corrected chi connectivity index (χ1v) is 6.95. The highest BCUT2D eigenvalue weighted by Crippen LogP contribution is 2.31. The van der Waals surface area contributed by atoms with Gasteiger partial charge in [-0.2, -0.15) is 10.1 Å². The maximum absolute atomic E-state index is 5.94. The molecule has 0 saturated heterocycles. The minimum Gasteiger partial charge on any atom is -0.438 e. The number of benzene rings is 1. The van der Waals surface area contributed by atoms with Gasteiger partial charge in [-0.25, -0.2) is 14.5 Å². The van der Waals surface area contributed by atoms with Gasteiger partial charge in [-0.15, -0.1) is 5.10 Å². The smallest absolute Gasteiger partial charge is 0.254 e. The molecule has 0 atom stereocenters. The van der Waals surface area contributed by atoms with Gasteiger partial charge in [-0.3, -0.25) is 5.10 Å². The molecule has 0 spiro atoms. The van der Waals surface area contributed by atoms with E-state index >= 15 is 0 Å². The minimum atomic E-state index is 0.439. The van der Waals surface area contributed by atoms with Crippen LogP contribution in [-0.4, -0.2) is 34.8 Å².